The Kier molecular flexibility index (Phi) is 6.21. The van der Waals surface area contributed by atoms with E-state index in [-0.39, 0.29) is 18.4 Å². The Labute approximate surface area is 146 Å². The van der Waals surface area contributed by atoms with Gasteiger partial charge in [0, 0.05) is 16.4 Å². The second-order valence-corrected chi connectivity index (χ2v) is 5.52. The summed E-state index contributed by atoms with van der Waals surface area (Å²) in [7, 11) is 0. The van der Waals surface area contributed by atoms with Crippen LogP contribution in [-0.2, 0) is 9.53 Å². The molecule has 0 bridgehead atoms. The first-order valence-corrected chi connectivity index (χ1v) is 7.95. The Hall–Kier alpha value is -2.53. The molecule has 2 aromatic rings. The Bertz CT molecular complexity index is 730. The van der Waals surface area contributed by atoms with E-state index in [1.54, 1.807) is 37.3 Å². The number of carbonyl (C=O) groups is 2. The number of hydrogen-bond donors (Lipinski definition) is 2. The number of carbonyl (C=O) groups excluding carboxylic acids is 2. The van der Waals surface area contributed by atoms with Crippen LogP contribution in [0.4, 0.5) is 11.4 Å². The molecule has 2 aromatic carbocycles. The highest BCUT2D eigenvalue weighted by atomic mass is 35.5. The third-order valence-electron chi connectivity index (χ3n) is 3.39. The Balaban J connectivity index is 1.90. The van der Waals surface area contributed by atoms with Gasteiger partial charge in [-0.1, -0.05) is 17.7 Å². The molecule has 0 unspecified atom stereocenters. The number of benzene rings is 2. The second kappa shape index (κ2) is 8.36. The lowest BCUT2D eigenvalue weighted by molar-refractivity contribution is -0.114. The van der Waals surface area contributed by atoms with Crippen molar-refractivity contribution in [3.8, 4) is 0 Å². The molecular weight excluding hydrogens is 328 g/mol. The molecule has 0 saturated carbocycles. The number of halogens is 1. The minimum absolute atomic E-state index is 0.112. The van der Waals surface area contributed by atoms with E-state index in [4.69, 9.17) is 16.3 Å². The van der Waals surface area contributed by atoms with Crippen LogP contribution in [0.1, 0.15) is 22.8 Å². The average Bonchev–Trinajstić information content (AvgIpc) is 2.57. The monoisotopic (exact) mass is 346 g/mol. The summed E-state index contributed by atoms with van der Waals surface area (Å²) in [6.45, 7) is 4.07. The molecule has 6 heteroatoms. The molecule has 5 nitrogen and oxygen atoms in total. The van der Waals surface area contributed by atoms with Crippen LogP contribution >= 0.6 is 11.6 Å². The third-order valence-corrected chi connectivity index (χ3v) is 3.80. The first-order valence-electron chi connectivity index (χ1n) is 7.57. The fourth-order valence-electron chi connectivity index (χ4n) is 2.08. The van der Waals surface area contributed by atoms with E-state index in [9.17, 15) is 9.59 Å². The zero-order valence-corrected chi connectivity index (χ0v) is 14.3. The maximum atomic E-state index is 12.0. The van der Waals surface area contributed by atoms with Crippen molar-refractivity contribution in [3.63, 3.8) is 0 Å². The molecule has 2 rings (SSSR count). The highest BCUT2D eigenvalue weighted by Crippen LogP contribution is 2.22. The van der Waals surface area contributed by atoms with Gasteiger partial charge in [-0.05, 0) is 55.8 Å². The van der Waals surface area contributed by atoms with Gasteiger partial charge in [-0.15, -0.1) is 0 Å². The molecule has 0 spiro atoms. The summed E-state index contributed by atoms with van der Waals surface area (Å²) in [4.78, 5) is 23.6. The van der Waals surface area contributed by atoms with E-state index in [0.717, 1.165) is 11.3 Å². The SMILES string of the molecule is CCOC(=O)c1ccc(NC(=O)CNc2cccc(Cl)c2C)cc1. The van der Waals surface area contributed by atoms with Gasteiger partial charge in [0.15, 0.2) is 0 Å². The fourth-order valence-corrected chi connectivity index (χ4v) is 2.26. The van der Waals surface area contributed by atoms with Gasteiger partial charge in [0.1, 0.15) is 0 Å². The minimum Gasteiger partial charge on any atom is -0.462 e. The number of esters is 1. The van der Waals surface area contributed by atoms with Gasteiger partial charge < -0.3 is 15.4 Å². The molecule has 0 saturated heterocycles. The summed E-state index contributed by atoms with van der Waals surface area (Å²) >= 11 is 6.04. The standard InChI is InChI=1S/C18H19ClN2O3/c1-3-24-18(23)13-7-9-14(10-8-13)21-17(22)11-20-16-6-4-5-15(19)12(16)2/h4-10,20H,3,11H2,1-2H3,(H,21,22). The van der Waals surface area contributed by atoms with Gasteiger partial charge in [0.05, 0.1) is 18.7 Å². The van der Waals surface area contributed by atoms with Crippen LogP contribution in [-0.4, -0.2) is 25.0 Å². The second-order valence-electron chi connectivity index (χ2n) is 5.11. The lowest BCUT2D eigenvalue weighted by Gasteiger charge is -2.11. The average molecular weight is 347 g/mol. The van der Waals surface area contributed by atoms with Gasteiger partial charge in [-0.25, -0.2) is 4.79 Å². The zero-order chi connectivity index (χ0) is 17.5. The number of anilines is 2. The maximum absolute atomic E-state index is 12.0. The van der Waals surface area contributed by atoms with E-state index >= 15 is 0 Å². The fraction of sp³-hybridized carbons (Fsp3) is 0.222. The molecule has 0 aliphatic heterocycles. The summed E-state index contributed by atoms with van der Waals surface area (Å²) in [5, 5.41) is 6.46. The highest BCUT2D eigenvalue weighted by molar-refractivity contribution is 6.31. The van der Waals surface area contributed by atoms with Crippen molar-refractivity contribution in [2.75, 3.05) is 23.8 Å². The molecule has 0 atom stereocenters. The highest BCUT2D eigenvalue weighted by Gasteiger charge is 2.08. The maximum Gasteiger partial charge on any atom is 0.338 e. The van der Waals surface area contributed by atoms with Crippen LogP contribution < -0.4 is 10.6 Å². The molecule has 24 heavy (non-hydrogen) atoms. The van der Waals surface area contributed by atoms with E-state index in [0.29, 0.717) is 22.9 Å². The number of rotatable bonds is 6. The molecule has 126 valence electrons. The van der Waals surface area contributed by atoms with E-state index in [1.807, 2.05) is 19.1 Å². The van der Waals surface area contributed by atoms with Crippen molar-refractivity contribution >= 4 is 34.9 Å². The van der Waals surface area contributed by atoms with Crippen LogP contribution in [0.15, 0.2) is 42.5 Å². The van der Waals surface area contributed by atoms with Gasteiger partial charge in [-0.2, -0.15) is 0 Å². The predicted octanol–water partition coefficient (Wildman–Crippen LogP) is 3.88. The largest absolute Gasteiger partial charge is 0.462 e. The van der Waals surface area contributed by atoms with Gasteiger partial charge in [-0.3, -0.25) is 4.79 Å². The van der Waals surface area contributed by atoms with E-state index in [1.165, 1.54) is 0 Å². The van der Waals surface area contributed by atoms with Gasteiger partial charge in [0.2, 0.25) is 5.91 Å². The van der Waals surface area contributed by atoms with Crippen molar-refractivity contribution < 1.29 is 14.3 Å². The van der Waals surface area contributed by atoms with Crippen molar-refractivity contribution in [3.05, 3.63) is 58.6 Å². The zero-order valence-electron chi connectivity index (χ0n) is 13.6. The number of amides is 1. The number of ether oxygens (including phenoxy) is 1. The molecule has 0 aliphatic rings. The van der Waals surface area contributed by atoms with E-state index < -0.39 is 0 Å². The first-order chi connectivity index (χ1) is 11.5. The lowest BCUT2D eigenvalue weighted by atomic mass is 10.2. The molecule has 0 heterocycles. The van der Waals surface area contributed by atoms with Crippen LogP contribution in [0, 0.1) is 6.92 Å². The van der Waals surface area contributed by atoms with Crippen LogP contribution in [0.2, 0.25) is 5.02 Å². The van der Waals surface area contributed by atoms with Crippen LogP contribution in [0.5, 0.6) is 0 Å². The summed E-state index contributed by atoms with van der Waals surface area (Å²) in [5.41, 5.74) is 2.77. The molecule has 0 aromatic heterocycles. The summed E-state index contributed by atoms with van der Waals surface area (Å²) in [6.07, 6.45) is 0. The van der Waals surface area contributed by atoms with Crippen molar-refractivity contribution in [1.82, 2.24) is 0 Å². The molecule has 0 radical (unpaired) electrons. The smallest absolute Gasteiger partial charge is 0.338 e. The Morgan fingerprint density at radius 3 is 2.50 bits per heavy atom. The summed E-state index contributed by atoms with van der Waals surface area (Å²) in [5.74, 6) is -0.577. The van der Waals surface area contributed by atoms with Crippen molar-refractivity contribution in [1.29, 1.82) is 0 Å². The third kappa shape index (κ3) is 4.73. The van der Waals surface area contributed by atoms with Gasteiger partial charge in [0.25, 0.3) is 0 Å². The summed E-state index contributed by atoms with van der Waals surface area (Å²) in [6, 6.07) is 12.0. The molecule has 2 N–H and O–H groups in total. The van der Waals surface area contributed by atoms with Gasteiger partial charge >= 0.3 is 5.97 Å². The molecule has 0 aliphatic carbocycles. The Morgan fingerprint density at radius 1 is 1.12 bits per heavy atom. The number of hydrogen-bond acceptors (Lipinski definition) is 4. The predicted molar refractivity (Wildman–Crippen MR) is 95.7 cm³/mol. The van der Waals surface area contributed by atoms with E-state index in [2.05, 4.69) is 10.6 Å². The Morgan fingerprint density at radius 2 is 1.83 bits per heavy atom. The minimum atomic E-state index is -0.381. The van der Waals surface area contributed by atoms with Crippen molar-refractivity contribution in [2.45, 2.75) is 13.8 Å². The lowest BCUT2D eigenvalue weighted by Crippen LogP contribution is -2.22. The van der Waals surface area contributed by atoms with Crippen LogP contribution in [0.3, 0.4) is 0 Å². The topological polar surface area (TPSA) is 67.4 Å². The molecular formula is C18H19ClN2O3. The first kappa shape index (κ1) is 17.8. The molecule has 0 fully saturated rings. The van der Waals surface area contributed by atoms with Crippen LogP contribution in [0.25, 0.3) is 0 Å². The van der Waals surface area contributed by atoms with Crippen molar-refractivity contribution in [2.24, 2.45) is 0 Å². The summed E-state index contributed by atoms with van der Waals surface area (Å²) < 4.78 is 4.91. The normalized spacial score (nSPS) is 10.1. The number of nitrogens with one attached hydrogen (secondary N) is 2. The quantitative estimate of drug-likeness (QED) is 0.779. The molecule has 1 amide bonds.